The molecule has 0 saturated heterocycles. The Labute approximate surface area is 115 Å². The molecule has 0 spiro atoms. The van der Waals surface area contributed by atoms with Gasteiger partial charge in [0.2, 0.25) is 0 Å². The maximum Gasteiger partial charge on any atom is 0.257 e. The van der Waals surface area contributed by atoms with Gasteiger partial charge < -0.3 is 15.0 Å². The minimum Gasteiger partial charge on any atom is -0.383 e. The third kappa shape index (κ3) is 3.92. The number of hydrogen-bond acceptors (Lipinski definition) is 4. The molecular weight excluding hydrogens is 242 g/mol. The molecule has 0 bridgehead atoms. The second-order valence-electron chi connectivity index (χ2n) is 4.40. The van der Waals surface area contributed by atoms with Gasteiger partial charge in [-0.25, -0.2) is 4.98 Å². The topological polar surface area (TPSA) is 54.5 Å². The molecule has 19 heavy (non-hydrogen) atoms. The Kier molecular flexibility index (Phi) is 6.29. The number of nitrogens with zero attached hydrogens (tertiary/aromatic N) is 2. The van der Waals surface area contributed by atoms with Crippen molar-refractivity contribution in [1.29, 1.82) is 0 Å². The predicted molar refractivity (Wildman–Crippen MR) is 76.4 cm³/mol. The highest BCUT2D eigenvalue weighted by Crippen LogP contribution is 2.16. The molecular formula is C14H23N3O2. The highest BCUT2D eigenvalue weighted by Gasteiger charge is 2.22. The van der Waals surface area contributed by atoms with Gasteiger partial charge in [0.1, 0.15) is 5.82 Å². The molecule has 1 aromatic heterocycles. The van der Waals surface area contributed by atoms with Crippen molar-refractivity contribution in [3.8, 4) is 0 Å². The standard InChI is InChI=1S/C14H23N3O2/c1-5-11(2)17(9-10-19-4)14(18)12-7-6-8-16-13(12)15-3/h6-8,11H,5,9-10H2,1-4H3,(H,15,16). The average Bonchev–Trinajstić information content (AvgIpc) is 2.46. The largest absolute Gasteiger partial charge is 0.383 e. The van der Waals surface area contributed by atoms with Crippen LogP contribution in [-0.4, -0.2) is 49.1 Å². The van der Waals surface area contributed by atoms with Crippen LogP contribution >= 0.6 is 0 Å². The van der Waals surface area contributed by atoms with Gasteiger partial charge in [-0.15, -0.1) is 0 Å². The maximum atomic E-state index is 12.6. The van der Waals surface area contributed by atoms with Crippen LogP contribution in [0.2, 0.25) is 0 Å². The summed E-state index contributed by atoms with van der Waals surface area (Å²) in [6.07, 6.45) is 2.58. The van der Waals surface area contributed by atoms with Gasteiger partial charge in [-0.1, -0.05) is 6.92 Å². The first-order valence-electron chi connectivity index (χ1n) is 6.58. The van der Waals surface area contributed by atoms with Crippen molar-refractivity contribution < 1.29 is 9.53 Å². The van der Waals surface area contributed by atoms with Gasteiger partial charge in [0.15, 0.2) is 0 Å². The van der Waals surface area contributed by atoms with E-state index in [9.17, 15) is 4.79 Å². The third-order valence-electron chi connectivity index (χ3n) is 3.19. The number of carbonyl (C=O) groups excluding carboxylic acids is 1. The number of hydrogen-bond donors (Lipinski definition) is 1. The zero-order valence-electron chi connectivity index (χ0n) is 12.1. The molecule has 1 N–H and O–H groups in total. The van der Waals surface area contributed by atoms with Crippen molar-refractivity contribution in [3.63, 3.8) is 0 Å². The Morgan fingerprint density at radius 3 is 2.89 bits per heavy atom. The normalized spacial score (nSPS) is 12.0. The summed E-state index contributed by atoms with van der Waals surface area (Å²) < 4.78 is 5.08. The zero-order valence-corrected chi connectivity index (χ0v) is 12.1. The molecule has 1 rings (SSSR count). The number of methoxy groups -OCH3 is 1. The van der Waals surface area contributed by atoms with Gasteiger partial charge in [0.25, 0.3) is 5.91 Å². The van der Waals surface area contributed by atoms with E-state index in [0.29, 0.717) is 24.5 Å². The van der Waals surface area contributed by atoms with Crippen LogP contribution in [0.25, 0.3) is 0 Å². The van der Waals surface area contributed by atoms with Crippen molar-refractivity contribution in [2.75, 3.05) is 32.6 Å². The average molecular weight is 265 g/mol. The van der Waals surface area contributed by atoms with Crippen LogP contribution in [0, 0.1) is 0 Å². The van der Waals surface area contributed by atoms with Gasteiger partial charge in [-0.05, 0) is 25.5 Å². The van der Waals surface area contributed by atoms with E-state index in [0.717, 1.165) is 6.42 Å². The second kappa shape index (κ2) is 7.74. The number of amides is 1. The molecule has 1 amide bonds. The summed E-state index contributed by atoms with van der Waals surface area (Å²) in [4.78, 5) is 18.6. The summed E-state index contributed by atoms with van der Waals surface area (Å²) in [5, 5.41) is 2.95. The molecule has 5 nitrogen and oxygen atoms in total. The Balaban J connectivity index is 2.97. The molecule has 0 aliphatic heterocycles. The monoisotopic (exact) mass is 265 g/mol. The number of aromatic nitrogens is 1. The van der Waals surface area contributed by atoms with Crippen molar-refractivity contribution in [1.82, 2.24) is 9.88 Å². The lowest BCUT2D eigenvalue weighted by molar-refractivity contribution is 0.0614. The van der Waals surface area contributed by atoms with Gasteiger partial charge in [0.05, 0.1) is 12.2 Å². The summed E-state index contributed by atoms with van der Waals surface area (Å²) >= 11 is 0. The minimum atomic E-state index is -0.0103. The molecule has 1 unspecified atom stereocenters. The first-order chi connectivity index (χ1) is 9.15. The second-order valence-corrected chi connectivity index (χ2v) is 4.40. The fraction of sp³-hybridized carbons (Fsp3) is 0.571. The van der Waals surface area contributed by atoms with E-state index in [-0.39, 0.29) is 11.9 Å². The molecule has 0 fully saturated rings. The molecule has 0 aromatic carbocycles. The van der Waals surface area contributed by atoms with E-state index >= 15 is 0 Å². The van der Waals surface area contributed by atoms with Crippen LogP contribution in [0.5, 0.6) is 0 Å². The van der Waals surface area contributed by atoms with Crippen LogP contribution in [0.15, 0.2) is 18.3 Å². The molecule has 1 atom stereocenters. The van der Waals surface area contributed by atoms with Crippen molar-refractivity contribution >= 4 is 11.7 Å². The first kappa shape index (κ1) is 15.4. The van der Waals surface area contributed by atoms with E-state index in [1.54, 1.807) is 32.5 Å². The quantitative estimate of drug-likeness (QED) is 0.819. The first-order valence-corrected chi connectivity index (χ1v) is 6.58. The molecule has 1 aromatic rings. The predicted octanol–water partition coefficient (Wildman–Crippen LogP) is 2.01. The number of carbonyl (C=O) groups is 1. The smallest absolute Gasteiger partial charge is 0.257 e. The Morgan fingerprint density at radius 2 is 2.32 bits per heavy atom. The van der Waals surface area contributed by atoms with Gasteiger partial charge in [-0.3, -0.25) is 4.79 Å². The Morgan fingerprint density at radius 1 is 1.58 bits per heavy atom. The molecule has 0 aliphatic rings. The summed E-state index contributed by atoms with van der Waals surface area (Å²) in [5.74, 6) is 0.599. The Bertz CT molecular complexity index is 409. The highest BCUT2D eigenvalue weighted by atomic mass is 16.5. The number of nitrogens with one attached hydrogen (secondary N) is 1. The SMILES string of the molecule is CCC(C)N(CCOC)C(=O)c1cccnc1NC. The molecule has 5 heteroatoms. The minimum absolute atomic E-state index is 0.0103. The van der Waals surface area contributed by atoms with Crippen LogP contribution in [0.3, 0.4) is 0 Å². The van der Waals surface area contributed by atoms with Crippen molar-refractivity contribution in [2.24, 2.45) is 0 Å². The van der Waals surface area contributed by atoms with Crippen LogP contribution in [0.4, 0.5) is 5.82 Å². The summed E-state index contributed by atoms with van der Waals surface area (Å²) in [6, 6.07) is 3.75. The fourth-order valence-electron chi connectivity index (χ4n) is 1.86. The zero-order chi connectivity index (χ0) is 14.3. The maximum absolute atomic E-state index is 12.6. The van der Waals surface area contributed by atoms with Crippen molar-refractivity contribution in [3.05, 3.63) is 23.9 Å². The highest BCUT2D eigenvalue weighted by molar-refractivity contribution is 5.98. The van der Waals surface area contributed by atoms with Gasteiger partial charge in [-0.2, -0.15) is 0 Å². The molecule has 1 heterocycles. The number of ether oxygens (including phenoxy) is 1. The number of pyridine rings is 1. The van der Waals surface area contributed by atoms with Crippen LogP contribution in [0.1, 0.15) is 30.6 Å². The van der Waals surface area contributed by atoms with E-state index < -0.39 is 0 Å². The lowest BCUT2D eigenvalue weighted by atomic mass is 10.1. The summed E-state index contributed by atoms with van der Waals surface area (Å²) in [5.41, 5.74) is 0.599. The molecule has 0 radical (unpaired) electrons. The van der Waals surface area contributed by atoms with E-state index in [1.807, 2.05) is 11.8 Å². The molecule has 0 aliphatic carbocycles. The summed E-state index contributed by atoms with van der Waals surface area (Å²) in [7, 11) is 3.41. The number of anilines is 1. The van der Waals surface area contributed by atoms with E-state index in [4.69, 9.17) is 4.74 Å². The fourth-order valence-corrected chi connectivity index (χ4v) is 1.86. The molecule has 106 valence electrons. The Hall–Kier alpha value is -1.62. The van der Waals surface area contributed by atoms with Gasteiger partial charge >= 0.3 is 0 Å². The lowest BCUT2D eigenvalue weighted by Gasteiger charge is -2.29. The van der Waals surface area contributed by atoms with Crippen LogP contribution in [-0.2, 0) is 4.74 Å². The van der Waals surface area contributed by atoms with E-state index in [2.05, 4.69) is 17.2 Å². The van der Waals surface area contributed by atoms with Crippen molar-refractivity contribution in [2.45, 2.75) is 26.3 Å². The van der Waals surface area contributed by atoms with E-state index in [1.165, 1.54) is 0 Å². The van der Waals surface area contributed by atoms with Gasteiger partial charge in [0, 0.05) is 32.9 Å². The lowest BCUT2D eigenvalue weighted by Crippen LogP contribution is -2.40. The molecule has 0 saturated carbocycles. The summed E-state index contributed by atoms with van der Waals surface area (Å²) in [6.45, 7) is 5.23. The van der Waals surface area contributed by atoms with Crippen LogP contribution < -0.4 is 5.32 Å². The third-order valence-corrected chi connectivity index (χ3v) is 3.19. The number of rotatable bonds is 7.